The maximum Gasteiger partial charge on any atom is 0.0542 e. The number of aromatic nitrogens is 1. The van der Waals surface area contributed by atoms with Crippen LogP contribution in [0.15, 0.2) is 22.8 Å². The molecule has 14 heavy (non-hydrogen) atoms. The maximum absolute atomic E-state index is 4.29. The Balaban J connectivity index is 2.34. The van der Waals surface area contributed by atoms with E-state index in [0.717, 1.165) is 22.5 Å². The van der Waals surface area contributed by atoms with E-state index in [9.17, 15) is 0 Å². The molecule has 0 bridgehead atoms. The molecule has 0 aromatic carbocycles. The fourth-order valence-corrected chi connectivity index (χ4v) is 1.95. The summed E-state index contributed by atoms with van der Waals surface area (Å²) in [6.45, 7) is 3.03. The monoisotopic (exact) mass is 274 g/mol. The summed E-state index contributed by atoms with van der Waals surface area (Å²) in [7, 11) is 0. The van der Waals surface area contributed by atoms with Gasteiger partial charge in [-0.1, -0.05) is 0 Å². The molecule has 1 unspecified atom stereocenters. The van der Waals surface area contributed by atoms with Crippen molar-refractivity contribution in [3.63, 3.8) is 0 Å². The van der Waals surface area contributed by atoms with Gasteiger partial charge in [0.25, 0.3) is 0 Å². The second kappa shape index (κ2) is 6.43. The van der Waals surface area contributed by atoms with Crippen LogP contribution in [-0.2, 0) is 6.54 Å². The Morgan fingerprint density at radius 3 is 2.93 bits per heavy atom. The lowest BCUT2D eigenvalue weighted by atomic mass is 10.3. The van der Waals surface area contributed by atoms with Crippen LogP contribution in [0.1, 0.15) is 12.6 Å². The summed E-state index contributed by atoms with van der Waals surface area (Å²) in [6.07, 6.45) is 3.95. The van der Waals surface area contributed by atoms with E-state index in [1.54, 1.807) is 0 Å². The summed E-state index contributed by atoms with van der Waals surface area (Å²) in [6, 6.07) is 4.59. The highest BCUT2D eigenvalue weighted by molar-refractivity contribution is 9.10. The normalized spacial score (nSPS) is 12.8. The van der Waals surface area contributed by atoms with Crippen LogP contribution in [0.25, 0.3) is 0 Å². The van der Waals surface area contributed by atoms with Gasteiger partial charge in [-0.25, -0.2) is 0 Å². The predicted octanol–water partition coefficient (Wildman–Crippen LogP) is 2.69. The minimum atomic E-state index is 0.537. The van der Waals surface area contributed by atoms with Crippen molar-refractivity contribution in [2.24, 2.45) is 0 Å². The third-order valence-electron chi connectivity index (χ3n) is 1.84. The molecule has 0 saturated heterocycles. The molecular weight excluding hydrogens is 260 g/mol. The van der Waals surface area contributed by atoms with Crippen molar-refractivity contribution in [2.45, 2.75) is 19.5 Å². The molecular formula is C10H15BrN2S. The SMILES string of the molecule is CSCC(C)NCc1ccc(Br)cn1. The van der Waals surface area contributed by atoms with Crippen molar-refractivity contribution < 1.29 is 0 Å². The molecule has 0 amide bonds. The van der Waals surface area contributed by atoms with Crippen LogP contribution >= 0.6 is 27.7 Å². The first-order chi connectivity index (χ1) is 6.72. The summed E-state index contributed by atoms with van der Waals surface area (Å²) < 4.78 is 1.03. The summed E-state index contributed by atoms with van der Waals surface area (Å²) in [4.78, 5) is 4.29. The Labute approximate surface area is 98.0 Å². The highest BCUT2D eigenvalue weighted by Crippen LogP contribution is 2.07. The largest absolute Gasteiger partial charge is 0.308 e. The Morgan fingerprint density at radius 2 is 2.36 bits per heavy atom. The second-order valence-electron chi connectivity index (χ2n) is 3.21. The zero-order valence-corrected chi connectivity index (χ0v) is 10.9. The van der Waals surface area contributed by atoms with E-state index < -0.39 is 0 Å². The van der Waals surface area contributed by atoms with Gasteiger partial charge in [-0.2, -0.15) is 11.8 Å². The molecule has 2 nitrogen and oxygen atoms in total. The lowest BCUT2D eigenvalue weighted by Crippen LogP contribution is -2.27. The average molecular weight is 275 g/mol. The summed E-state index contributed by atoms with van der Waals surface area (Å²) in [5.74, 6) is 1.14. The van der Waals surface area contributed by atoms with Gasteiger partial charge in [0.05, 0.1) is 5.69 Å². The molecule has 1 atom stereocenters. The van der Waals surface area contributed by atoms with Gasteiger partial charge in [0.2, 0.25) is 0 Å². The molecule has 1 aromatic heterocycles. The van der Waals surface area contributed by atoms with E-state index in [0.29, 0.717) is 6.04 Å². The zero-order valence-electron chi connectivity index (χ0n) is 8.46. The van der Waals surface area contributed by atoms with E-state index in [4.69, 9.17) is 0 Å². The fourth-order valence-electron chi connectivity index (χ4n) is 1.10. The highest BCUT2D eigenvalue weighted by atomic mass is 79.9. The van der Waals surface area contributed by atoms with E-state index in [1.807, 2.05) is 30.1 Å². The molecule has 78 valence electrons. The van der Waals surface area contributed by atoms with Gasteiger partial charge in [0.15, 0.2) is 0 Å². The summed E-state index contributed by atoms with van der Waals surface area (Å²) >= 11 is 5.22. The molecule has 0 saturated carbocycles. The van der Waals surface area contributed by atoms with Crippen LogP contribution < -0.4 is 5.32 Å². The highest BCUT2D eigenvalue weighted by Gasteiger charge is 2.00. The first kappa shape index (κ1) is 12.0. The number of nitrogens with zero attached hydrogens (tertiary/aromatic N) is 1. The Hall–Kier alpha value is -0.0600. The molecule has 1 N–H and O–H groups in total. The van der Waals surface area contributed by atoms with Crippen LogP contribution in [0.3, 0.4) is 0 Å². The standard InChI is InChI=1S/C10H15BrN2S/c1-8(7-14-2)12-6-10-4-3-9(11)5-13-10/h3-5,8,12H,6-7H2,1-2H3. The van der Waals surface area contributed by atoms with Crippen molar-refractivity contribution in [2.75, 3.05) is 12.0 Å². The number of halogens is 1. The van der Waals surface area contributed by atoms with Crippen LogP contribution in [0.5, 0.6) is 0 Å². The molecule has 1 heterocycles. The minimum Gasteiger partial charge on any atom is -0.308 e. The van der Waals surface area contributed by atoms with E-state index in [2.05, 4.69) is 39.4 Å². The second-order valence-corrected chi connectivity index (χ2v) is 5.03. The third-order valence-corrected chi connectivity index (χ3v) is 3.14. The van der Waals surface area contributed by atoms with Crippen molar-refractivity contribution in [1.82, 2.24) is 10.3 Å². The quantitative estimate of drug-likeness (QED) is 0.894. The Morgan fingerprint density at radius 1 is 1.57 bits per heavy atom. The molecule has 0 aliphatic rings. The first-order valence-electron chi connectivity index (χ1n) is 4.55. The van der Waals surface area contributed by atoms with Crippen LogP contribution in [0.4, 0.5) is 0 Å². The van der Waals surface area contributed by atoms with E-state index in [-0.39, 0.29) is 0 Å². The van der Waals surface area contributed by atoms with Gasteiger partial charge in [0.1, 0.15) is 0 Å². The van der Waals surface area contributed by atoms with Crippen molar-refractivity contribution in [1.29, 1.82) is 0 Å². The minimum absolute atomic E-state index is 0.537. The molecule has 0 aliphatic heterocycles. The number of nitrogens with one attached hydrogen (secondary N) is 1. The molecule has 1 aromatic rings. The maximum atomic E-state index is 4.29. The van der Waals surface area contributed by atoms with Gasteiger partial charge in [-0.3, -0.25) is 4.98 Å². The molecule has 0 aliphatic carbocycles. The topological polar surface area (TPSA) is 24.9 Å². The van der Waals surface area contributed by atoms with Crippen molar-refractivity contribution >= 4 is 27.7 Å². The molecule has 1 rings (SSSR count). The average Bonchev–Trinajstić information content (AvgIpc) is 2.17. The van der Waals surface area contributed by atoms with Crippen molar-refractivity contribution in [3.05, 3.63) is 28.5 Å². The number of pyridine rings is 1. The predicted molar refractivity (Wildman–Crippen MR) is 66.6 cm³/mol. The number of hydrogen-bond acceptors (Lipinski definition) is 3. The van der Waals surface area contributed by atoms with Crippen molar-refractivity contribution in [3.8, 4) is 0 Å². The van der Waals surface area contributed by atoms with Gasteiger partial charge < -0.3 is 5.32 Å². The van der Waals surface area contributed by atoms with Crippen LogP contribution in [-0.4, -0.2) is 23.0 Å². The number of hydrogen-bond donors (Lipinski definition) is 1. The van der Waals surface area contributed by atoms with Crippen LogP contribution in [0.2, 0.25) is 0 Å². The molecule has 4 heteroatoms. The number of thioether (sulfide) groups is 1. The van der Waals surface area contributed by atoms with E-state index >= 15 is 0 Å². The van der Waals surface area contributed by atoms with Gasteiger partial charge in [-0.15, -0.1) is 0 Å². The first-order valence-corrected chi connectivity index (χ1v) is 6.74. The van der Waals surface area contributed by atoms with Gasteiger partial charge in [0, 0.05) is 29.0 Å². The van der Waals surface area contributed by atoms with Gasteiger partial charge in [-0.05, 0) is 41.2 Å². The lowest BCUT2D eigenvalue weighted by molar-refractivity contribution is 0.588. The summed E-state index contributed by atoms with van der Waals surface area (Å²) in [5, 5.41) is 3.42. The molecule has 0 spiro atoms. The lowest BCUT2D eigenvalue weighted by Gasteiger charge is -2.11. The zero-order chi connectivity index (χ0) is 10.4. The third kappa shape index (κ3) is 4.44. The number of rotatable bonds is 5. The molecule has 0 radical (unpaired) electrons. The smallest absolute Gasteiger partial charge is 0.0542 e. The van der Waals surface area contributed by atoms with E-state index in [1.165, 1.54) is 0 Å². The fraction of sp³-hybridized carbons (Fsp3) is 0.500. The Bertz CT molecular complexity index is 263. The summed E-state index contributed by atoms with van der Waals surface area (Å²) in [5.41, 5.74) is 1.08. The Kier molecular flexibility index (Phi) is 5.52. The van der Waals surface area contributed by atoms with Crippen LogP contribution in [0, 0.1) is 0 Å². The van der Waals surface area contributed by atoms with Gasteiger partial charge >= 0.3 is 0 Å². The molecule has 0 fully saturated rings.